The summed E-state index contributed by atoms with van der Waals surface area (Å²) in [6.07, 6.45) is 3.51. The molecule has 1 aromatic carbocycles. The van der Waals surface area contributed by atoms with Crippen LogP contribution in [0.2, 0.25) is 5.02 Å². The minimum Gasteiger partial charge on any atom is -0.396 e. The zero-order valence-corrected chi connectivity index (χ0v) is 12.8. The van der Waals surface area contributed by atoms with Crippen LogP contribution in [-0.2, 0) is 0 Å². The molecule has 0 spiro atoms. The van der Waals surface area contributed by atoms with Crippen LogP contribution in [-0.4, -0.2) is 30.7 Å². The van der Waals surface area contributed by atoms with Crippen molar-refractivity contribution in [3.8, 4) is 0 Å². The Balaban J connectivity index is 1.75. The van der Waals surface area contributed by atoms with Gasteiger partial charge in [-0.2, -0.15) is 0 Å². The van der Waals surface area contributed by atoms with E-state index in [4.69, 9.17) is 17.3 Å². The molecule has 110 valence electrons. The number of benzene rings is 1. The molecule has 21 heavy (non-hydrogen) atoms. The van der Waals surface area contributed by atoms with Crippen molar-refractivity contribution in [3.63, 3.8) is 0 Å². The maximum Gasteiger partial charge on any atom is 0.0738 e. The molecule has 3 rings (SSSR count). The molecule has 1 fully saturated rings. The van der Waals surface area contributed by atoms with Crippen LogP contribution in [0.1, 0.15) is 6.92 Å². The van der Waals surface area contributed by atoms with E-state index in [0.29, 0.717) is 6.04 Å². The number of nitrogens with two attached hydrogens (primary N) is 1. The summed E-state index contributed by atoms with van der Waals surface area (Å²) in [5.74, 6) is 0. The van der Waals surface area contributed by atoms with Crippen molar-refractivity contribution in [1.82, 2.24) is 4.98 Å². The Morgan fingerprint density at radius 3 is 2.62 bits per heavy atom. The predicted octanol–water partition coefficient (Wildman–Crippen LogP) is 3.03. The van der Waals surface area contributed by atoms with Crippen molar-refractivity contribution >= 4 is 28.7 Å². The Bertz CT molecular complexity index is 614. The fraction of sp³-hybridized carbons (Fsp3) is 0.312. The number of hydrogen-bond acceptors (Lipinski definition) is 4. The Kier molecular flexibility index (Phi) is 3.88. The van der Waals surface area contributed by atoms with Crippen LogP contribution in [0.3, 0.4) is 0 Å². The van der Waals surface area contributed by atoms with Gasteiger partial charge in [0, 0.05) is 42.6 Å². The third kappa shape index (κ3) is 2.90. The van der Waals surface area contributed by atoms with Gasteiger partial charge >= 0.3 is 0 Å². The maximum atomic E-state index is 6.03. The topological polar surface area (TPSA) is 45.4 Å². The van der Waals surface area contributed by atoms with Crippen LogP contribution in [0.25, 0.3) is 0 Å². The lowest BCUT2D eigenvalue weighted by Crippen LogP contribution is -2.52. The number of nitrogens with zero attached hydrogens (tertiary/aromatic N) is 3. The van der Waals surface area contributed by atoms with E-state index in [-0.39, 0.29) is 0 Å². The lowest BCUT2D eigenvalue weighted by Gasteiger charge is -2.42. The standard InChI is InChI=1S/C16H19ClN4/c1-12-11-20(16-6-7-19-10-15(16)18)8-9-21(12)14-4-2-13(17)3-5-14/h2-7,10,12H,8-9,11,18H2,1H3. The van der Waals surface area contributed by atoms with Crippen LogP contribution >= 0.6 is 11.6 Å². The van der Waals surface area contributed by atoms with E-state index in [1.165, 1.54) is 5.69 Å². The number of rotatable bonds is 2. The van der Waals surface area contributed by atoms with Gasteiger partial charge in [0.05, 0.1) is 17.6 Å². The first kappa shape index (κ1) is 14.0. The summed E-state index contributed by atoms with van der Waals surface area (Å²) in [4.78, 5) is 8.79. The molecule has 0 bridgehead atoms. The molecule has 0 radical (unpaired) electrons. The van der Waals surface area contributed by atoms with Crippen molar-refractivity contribution in [3.05, 3.63) is 47.7 Å². The summed E-state index contributed by atoms with van der Waals surface area (Å²) in [6, 6.07) is 10.4. The van der Waals surface area contributed by atoms with E-state index in [1.54, 1.807) is 12.4 Å². The molecular weight excluding hydrogens is 284 g/mol. The van der Waals surface area contributed by atoms with E-state index in [0.717, 1.165) is 36.0 Å². The van der Waals surface area contributed by atoms with Crippen LogP contribution < -0.4 is 15.5 Å². The number of halogens is 1. The Morgan fingerprint density at radius 2 is 1.95 bits per heavy atom. The van der Waals surface area contributed by atoms with E-state index in [2.05, 4.69) is 33.8 Å². The van der Waals surface area contributed by atoms with Crippen LogP contribution in [0, 0.1) is 0 Å². The van der Waals surface area contributed by atoms with Gasteiger partial charge in [-0.25, -0.2) is 0 Å². The minimum absolute atomic E-state index is 0.410. The van der Waals surface area contributed by atoms with Crippen LogP contribution in [0.5, 0.6) is 0 Å². The molecule has 0 aliphatic carbocycles. The summed E-state index contributed by atoms with van der Waals surface area (Å²) in [6.45, 7) is 5.08. The molecule has 2 N–H and O–H groups in total. The highest BCUT2D eigenvalue weighted by Gasteiger charge is 2.24. The fourth-order valence-electron chi connectivity index (χ4n) is 2.88. The highest BCUT2D eigenvalue weighted by molar-refractivity contribution is 6.30. The van der Waals surface area contributed by atoms with Gasteiger partial charge in [0.15, 0.2) is 0 Å². The van der Waals surface area contributed by atoms with Gasteiger partial charge in [0.2, 0.25) is 0 Å². The zero-order chi connectivity index (χ0) is 14.8. The van der Waals surface area contributed by atoms with Gasteiger partial charge in [-0.3, -0.25) is 4.98 Å². The molecule has 1 aliphatic heterocycles. The zero-order valence-electron chi connectivity index (χ0n) is 12.0. The Hall–Kier alpha value is -1.94. The lowest BCUT2D eigenvalue weighted by atomic mass is 10.1. The van der Waals surface area contributed by atoms with Crippen molar-refractivity contribution in [2.75, 3.05) is 35.2 Å². The SMILES string of the molecule is CC1CN(c2ccncc2N)CCN1c1ccc(Cl)cc1. The summed E-state index contributed by atoms with van der Waals surface area (Å²) in [5.41, 5.74) is 9.06. The lowest BCUT2D eigenvalue weighted by molar-refractivity contribution is 0.551. The number of hydrogen-bond donors (Lipinski definition) is 1. The summed E-state index contributed by atoms with van der Waals surface area (Å²) >= 11 is 5.96. The van der Waals surface area contributed by atoms with E-state index < -0.39 is 0 Å². The van der Waals surface area contributed by atoms with Gasteiger partial charge in [0.1, 0.15) is 0 Å². The molecule has 4 nitrogen and oxygen atoms in total. The van der Waals surface area contributed by atoms with E-state index >= 15 is 0 Å². The molecule has 1 unspecified atom stereocenters. The first-order valence-electron chi connectivity index (χ1n) is 7.12. The van der Waals surface area contributed by atoms with Crippen molar-refractivity contribution < 1.29 is 0 Å². The van der Waals surface area contributed by atoms with Crippen molar-refractivity contribution in [2.45, 2.75) is 13.0 Å². The third-order valence-electron chi connectivity index (χ3n) is 3.95. The van der Waals surface area contributed by atoms with E-state index in [9.17, 15) is 0 Å². The molecule has 1 aromatic heterocycles. The average molecular weight is 303 g/mol. The number of pyridine rings is 1. The molecule has 1 saturated heterocycles. The summed E-state index contributed by atoms with van der Waals surface area (Å²) in [7, 11) is 0. The Morgan fingerprint density at radius 1 is 1.19 bits per heavy atom. The predicted molar refractivity (Wildman–Crippen MR) is 89.1 cm³/mol. The monoisotopic (exact) mass is 302 g/mol. The van der Waals surface area contributed by atoms with Gasteiger partial charge in [0.25, 0.3) is 0 Å². The van der Waals surface area contributed by atoms with Crippen LogP contribution in [0.4, 0.5) is 17.1 Å². The highest BCUT2D eigenvalue weighted by atomic mass is 35.5. The fourth-order valence-corrected chi connectivity index (χ4v) is 3.01. The molecule has 2 aromatic rings. The van der Waals surface area contributed by atoms with Gasteiger partial charge < -0.3 is 15.5 Å². The minimum atomic E-state index is 0.410. The van der Waals surface area contributed by atoms with Crippen LogP contribution in [0.15, 0.2) is 42.7 Å². The highest BCUT2D eigenvalue weighted by Crippen LogP contribution is 2.27. The van der Waals surface area contributed by atoms with Crippen molar-refractivity contribution in [1.29, 1.82) is 0 Å². The average Bonchev–Trinajstić information content (AvgIpc) is 2.49. The molecular formula is C16H19ClN4. The number of aromatic nitrogens is 1. The molecule has 2 heterocycles. The van der Waals surface area contributed by atoms with E-state index in [1.807, 2.05) is 18.2 Å². The Labute approximate surface area is 130 Å². The normalized spacial score (nSPS) is 18.9. The number of nitrogen functional groups attached to an aromatic ring is 1. The molecule has 5 heteroatoms. The molecule has 1 aliphatic rings. The number of piperazine rings is 1. The first-order valence-corrected chi connectivity index (χ1v) is 7.49. The summed E-state index contributed by atoms with van der Waals surface area (Å²) in [5, 5.41) is 0.773. The molecule has 0 saturated carbocycles. The van der Waals surface area contributed by atoms with Gasteiger partial charge in [-0.1, -0.05) is 11.6 Å². The second kappa shape index (κ2) is 5.82. The van der Waals surface area contributed by atoms with Gasteiger partial charge in [-0.15, -0.1) is 0 Å². The maximum absolute atomic E-state index is 6.03. The first-order chi connectivity index (χ1) is 10.1. The van der Waals surface area contributed by atoms with Crippen molar-refractivity contribution in [2.24, 2.45) is 0 Å². The number of anilines is 3. The molecule has 0 amide bonds. The quantitative estimate of drug-likeness (QED) is 0.926. The summed E-state index contributed by atoms with van der Waals surface area (Å²) < 4.78 is 0. The second-order valence-corrected chi connectivity index (χ2v) is 5.84. The smallest absolute Gasteiger partial charge is 0.0738 e. The third-order valence-corrected chi connectivity index (χ3v) is 4.21. The second-order valence-electron chi connectivity index (χ2n) is 5.40. The van der Waals surface area contributed by atoms with Gasteiger partial charge in [-0.05, 0) is 37.3 Å². The largest absolute Gasteiger partial charge is 0.396 e. The molecule has 1 atom stereocenters.